The van der Waals surface area contributed by atoms with Crippen LogP contribution in [0.3, 0.4) is 0 Å². The number of hydrogen-bond acceptors (Lipinski definition) is 6. The van der Waals surface area contributed by atoms with E-state index in [0.717, 1.165) is 42.1 Å². The van der Waals surface area contributed by atoms with Crippen molar-refractivity contribution < 1.29 is 28.8 Å². The summed E-state index contributed by atoms with van der Waals surface area (Å²) in [5.74, 6) is -1.51. The van der Waals surface area contributed by atoms with Crippen LogP contribution in [0.25, 0.3) is 10.9 Å². The molecule has 2 aliphatic heterocycles. The molecule has 0 bridgehead atoms. The molecule has 2 aromatic rings. The Labute approximate surface area is 265 Å². The maximum Gasteiger partial charge on any atom is 0.245 e. The Balaban J connectivity index is 1.67. The van der Waals surface area contributed by atoms with Crippen LogP contribution < -0.4 is 20.8 Å². The predicted octanol–water partition coefficient (Wildman–Crippen LogP) is 3.07. The summed E-state index contributed by atoms with van der Waals surface area (Å²) in [5.41, 5.74) is 1.62. The van der Waals surface area contributed by atoms with E-state index in [1.807, 2.05) is 45.0 Å². The van der Waals surface area contributed by atoms with Crippen molar-refractivity contribution in [2.45, 2.75) is 116 Å². The van der Waals surface area contributed by atoms with E-state index in [9.17, 15) is 24.0 Å². The zero-order chi connectivity index (χ0) is 32.5. The third-order valence-electron chi connectivity index (χ3n) is 9.35. The monoisotopic (exact) mass is 623 g/mol. The van der Waals surface area contributed by atoms with Gasteiger partial charge in [0.15, 0.2) is 0 Å². The fourth-order valence-corrected chi connectivity index (χ4v) is 6.40. The molecule has 246 valence electrons. The minimum atomic E-state index is -1.01. The van der Waals surface area contributed by atoms with E-state index in [2.05, 4.69) is 16.0 Å². The molecule has 5 atom stereocenters. The van der Waals surface area contributed by atoms with Crippen LogP contribution in [0.1, 0.15) is 90.5 Å². The third-order valence-corrected chi connectivity index (χ3v) is 9.35. The van der Waals surface area contributed by atoms with Gasteiger partial charge >= 0.3 is 0 Å². The summed E-state index contributed by atoms with van der Waals surface area (Å²) in [6, 6.07) is 4.20. The van der Waals surface area contributed by atoms with Gasteiger partial charge in [0.25, 0.3) is 0 Å². The first-order chi connectivity index (χ1) is 21.7. The molecule has 11 nitrogen and oxygen atoms in total. The number of benzene rings is 1. The molecule has 45 heavy (non-hydrogen) atoms. The SMILES string of the molecule is CCC(=O)CCCCC[C@@H]1NC(=O)[C@H](Cc2cn(OC)c3ccccc23)NC(=O)[C@H](C(C)CC)NC(=O)C2CCCCN2C1=O. The van der Waals surface area contributed by atoms with Gasteiger partial charge in [0, 0.05) is 37.4 Å². The van der Waals surface area contributed by atoms with Crippen LogP contribution in [0.15, 0.2) is 30.5 Å². The lowest BCUT2D eigenvalue weighted by molar-refractivity contribution is -0.147. The van der Waals surface area contributed by atoms with Crippen LogP contribution in [0.2, 0.25) is 0 Å². The maximum absolute atomic E-state index is 14.1. The Morgan fingerprint density at radius 2 is 1.71 bits per heavy atom. The zero-order valence-corrected chi connectivity index (χ0v) is 27.1. The van der Waals surface area contributed by atoms with Gasteiger partial charge in [0.05, 0.1) is 5.52 Å². The summed E-state index contributed by atoms with van der Waals surface area (Å²) in [7, 11) is 1.56. The summed E-state index contributed by atoms with van der Waals surface area (Å²) in [6.07, 6.45) is 8.10. The second kappa shape index (κ2) is 15.9. The van der Waals surface area contributed by atoms with E-state index >= 15 is 0 Å². The fourth-order valence-electron chi connectivity index (χ4n) is 6.40. The molecule has 0 spiro atoms. The molecular formula is C34H49N5O6. The predicted molar refractivity (Wildman–Crippen MR) is 171 cm³/mol. The van der Waals surface area contributed by atoms with Crippen LogP contribution in [-0.4, -0.2) is 76.9 Å². The molecule has 2 aliphatic rings. The molecule has 2 saturated heterocycles. The highest BCUT2D eigenvalue weighted by Crippen LogP contribution is 2.24. The smallest absolute Gasteiger partial charge is 0.245 e. The zero-order valence-electron chi connectivity index (χ0n) is 27.1. The quantitative estimate of drug-likeness (QED) is 0.311. The fraction of sp³-hybridized carbons (Fsp3) is 0.618. The lowest BCUT2D eigenvalue weighted by atomic mass is 9.94. The number of nitrogens with zero attached hydrogens (tertiary/aromatic N) is 2. The summed E-state index contributed by atoms with van der Waals surface area (Å²) in [4.78, 5) is 74.6. The van der Waals surface area contributed by atoms with Gasteiger partial charge in [-0.1, -0.05) is 58.2 Å². The number of aromatic nitrogens is 1. The van der Waals surface area contributed by atoms with Crippen molar-refractivity contribution in [3.8, 4) is 0 Å². The topological polar surface area (TPSA) is 139 Å². The molecule has 11 heteroatoms. The first-order valence-electron chi connectivity index (χ1n) is 16.5. The number of hydrogen-bond donors (Lipinski definition) is 3. The van der Waals surface area contributed by atoms with Crippen LogP contribution in [0.4, 0.5) is 0 Å². The van der Waals surface area contributed by atoms with Crippen LogP contribution in [0.5, 0.6) is 0 Å². The molecule has 2 unspecified atom stereocenters. The number of para-hydroxylation sites is 1. The highest BCUT2D eigenvalue weighted by molar-refractivity contribution is 5.98. The van der Waals surface area contributed by atoms with Gasteiger partial charge in [0.1, 0.15) is 37.1 Å². The molecule has 0 radical (unpaired) electrons. The maximum atomic E-state index is 14.1. The largest absolute Gasteiger partial charge is 0.417 e. The molecule has 4 amide bonds. The third kappa shape index (κ3) is 8.23. The van der Waals surface area contributed by atoms with Crippen molar-refractivity contribution >= 4 is 40.3 Å². The lowest BCUT2D eigenvalue weighted by Gasteiger charge is -2.39. The summed E-state index contributed by atoms with van der Waals surface area (Å²) >= 11 is 0. The van der Waals surface area contributed by atoms with E-state index in [1.165, 1.54) is 0 Å². The number of ketones is 1. The molecule has 3 heterocycles. The first-order valence-corrected chi connectivity index (χ1v) is 16.5. The number of fused-ring (bicyclic) bond motifs is 2. The Hall–Kier alpha value is -3.89. The van der Waals surface area contributed by atoms with E-state index in [-0.39, 0.29) is 29.9 Å². The molecule has 1 aromatic heterocycles. The minimum absolute atomic E-state index is 0.155. The van der Waals surface area contributed by atoms with Crippen molar-refractivity contribution in [1.82, 2.24) is 25.6 Å². The Morgan fingerprint density at radius 3 is 2.44 bits per heavy atom. The highest BCUT2D eigenvalue weighted by atomic mass is 16.6. The van der Waals surface area contributed by atoms with Crippen molar-refractivity contribution in [3.63, 3.8) is 0 Å². The normalized spacial score (nSPS) is 23.7. The van der Waals surface area contributed by atoms with Gasteiger partial charge in [-0.05, 0) is 49.7 Å². The van der Waals surface area contributed by atoms with Gasteiger partial charge in [-0.25, -0.2) is 0 Å². The van der Waals surface area contributed by atoms with Gasteiger partial charge in [-0.2, -0.15) is 4.73 Å². The first kappa shape index (κ1) is 34.0. The van der Waals surface area contributed by atoms with E-state index in [4.69, 9.17) is 4.84 Å². The van der Waals surface area contributed by atoms with Crippen molar-refractivity contribution in [1.29, 1.82) is 0 Å². The number of carbonyl (C=O) groups is 5. The van der Waals surface area contributed by atoms with E-state index in [1.54, 1.807) is 22.9 Å². The molecular weight excluding hydrogens is 574 g/mol. The summed E-state index contributed by atoms with van der Waals surface area (Å²) in [5, 5.41) is 9.75. The Bertz CT molecular complexity index is 1370. The van der Waals surface area contributed by atoms with Crippen molar-refractivity contribution in [2.24, 2.45) is 5.92 Å². The summed E-state index contributed by atoms with van der Waals surface area (Å²) in [6.45, 7) is 6.10. The Morgan fingerprint density at radius 1 is 0.956 bits per heavy atom. The minimum Gasteiger partial charge on any atom is -0.417 e. The van der Waals surface area contributed by atoms with E-state index in [0.29, 0.717) is 45.1 Å². The van der Waals surface area contributed by atoms with Gasteiger partial charge < -0.3 is 25.7 Å². The lowest BCUT2D eigenvalue weighted by Crippen LogP contribution is -2.64. The molecule has 1 aromatic carbocycles. The second-order valence-electron chi connectivity index (χ2n) is 12.4. The molecule has 0 aliphatic carbocycles. The average Bonchev–Trinajstić information content (AvgIpc) is 3.41. The Kier molecular flexibility index (Phi) is 12.0. The highest BCUT2D eigenvalue weighted by Gasteiger charge is 2.40. The average molecular weight is 624 g/mol. The van der Waals surface area contributed by atoms with Crippen LogP contribution in [-0.2, 0) is 30.4 Å². The number of carbonyl (C=O) groups excluding carboxylic acids is 5. The van der Waals surface area contributed by atoms with Crippen LogP contribution >= 0.6 is 0 Å². The second-order valence-corrected chi connectivity index (χ2v) is 12.4. The number of Topliss-reactive ketones (excluding diaryl/α,β-unsaturated/α-hetero) is 1. The standard InChI is InChI=1S/C34H49N5O6/c1-5-22(3)30-33(43)36-27(20-23-21-39(45-4)28-17-11-10-15-25(23)28)31(41)35-26(16-9-7-8-14-24(40)6-2)34(44)38-19-13-12-18-29(38)32(42)37-30/h10-11,15,17,21-22,26-27,29-30H,5-9,12-14,16,18-20H2,1-4H3,(H,35,41)(H,36,43)(H,37,42)/t22?,26-,27-,29?,30-/m0/s1. The van der Waals surface area contributed by atoms with Crippen LogP contribution in [0, 0.1) is 5.92 Å². The number of nitrogens with one attached hydrogen (secondary N) is 3. The van der Waals surface area contributed by atoms with Gasteiger partial charge in [-0.3, -0.25) is 24.0 Å². The summed E-state index contributed by atoms with van der Waals surface area (Å²) < 4.78 is 1.62. The molecule has 4 rings (SSSR count). The molecule has 3 N–H and O–H groups in total. The molecule has 0 saturated carbocycles. The van der Waals surface area contributed by atoms with Crippen molar-refractivity contribution in [3.05, 3.63) is 36.0 Å². The van der Waals surface area contributed by atoms with Gasteiger partial charge in [0.2, 0.25) is 23.6 Å². The number of piperidine rings is 1. The number of rotatable bonds is 12. The van der Waals surface area contributed by atoms with Crippen molar-refractivity contribution in [2.75, 3.05) is 13.7 Å². The molecule has 2 fully saturated rings. The number of amides is 4. The van der Waals surface area contributed by atoms with E-state index < -0.39 is 36.0 Å². The number of unbranched alkanes of at least 4 members (excludes halogenated alkanes) is 2. The van der Waals surface area contributed by atoms with Gasteiger partial charge in [-0.15, -0.1) is 0 Å².